The lowest BCUT2D eigenvalue weighted by atomic mass is 10.1. The number of rotatable bonds is 7. The lowest BCUT2D eigenvalue weighted by Gasteiger charge is -2.44. The van der Waals surface area contributed by atoms with Gasteiger partial charge in [-0.1, -0.05) is 0 Å². The molecule has 0 unspecified atom stereocenters. The first-order valence-electron chi connectivity index (χ1n) is 12.0. The van der Waals surface area contributed by atoms with Crippen molar-refractivity contribution in [3.8, 4) is 11.5 Å². The summed E-state index contributed by atoms with van der Waals surface area (Å²) in [6.07, 6.45) is 1.50. The van der Waals surface area contributed by atoms with Crippen LogP contribution in [0, 0.1) is 0 Å². The highest BCUT2D eigenvalue weighted by atomic mass is 32.2. The third-order valence-corrected chi connectivity index (χ3v) is 7.75. The first kappa shape index (κ1) is 24.3. The van der Waals surface area contributed by atoms with E-state index in [2.05, 4.69) is 20.1 Å². The van der Waals surface area contributed by atoms with Gasteiger partial charge in [0, 0.05) is 37.9 Å². The van der Waals surface area contributed by atoms with Crippen molar-refractivity contribution in [3.63, 3.8) is 0 Å². The van der Waals surface area contributed by atoms with Gasteiger partial charge in [0.25, 0.3) is 0 Å². The van der Waals surface area contributed by atoms with Crippen molar-refractivity contribution in [1.82, 2.24) is 15.0 Å². The Morgan fingerprint density at radius 1 is 1.36 bits per heavy atom. The van der Waals surface area contributed by atoms with Crippen LogP contribution in [0.15, 0.2) is 17.2 Å². The van der Waals surface area contributed by atoms with E-state index in [1.165, 1.54) is 0 Å². The molecule has 0 bridgehead atoms. The summed E-state index contributed by atoms with van der Waals surface area (Å²) in [5, 5.41) is 3.31. The fraction of sp³-hybridized carbons (Fsp3) is 0.565. The standard InChI is InChI=1S/C23H31N7O5S/c1-4-33-15-9-17-20(25-10-15)30-7-6-29(11-14(30)12-34-17)22-26-16-5-8-36(32)18(16)19(27-22)28-23(2,3)13-35-21(24)31/h9-10,14H,4-8,11-13H2,1-3H3,(H2,24,31)(H,26,27,28)/t14-,36+/m0/s1. The second-order valence-electron chi connectivity index (χ2n) is 9.59. The van der Waals surface area contributed by atoms with Gasteiger partial charge in [-0.15, -0.1) is 0 Å². The van der Waals surface area contributed by atoms with Crippen molar-refractivity contribution < 1.29 is 23.2 Å². The predicted octanol–water partition coefficient (Wildman–Crippen LogP) is 1.31. The van der Waals surface area contributed by atoms with Gasteiger partial charge in [0.1, 0.15) is 29.7 Å². The lowest BCUT2D eigenvalue weighted by Crippen LogP contribution is -2.58. The van der Waals surface area contributed by atoms with Crippen LogP contribution in [0.3, 0.4) is 0 Å². The van der Waals surface area contributed by atoms with Gasteiger partial charge in [-0.25, -0.2) is 14.8 Å². The van der Waals surface area contributed by atoms with Crippen molar-refractivity contribution >= 4 is 34.5 Å². The molecule has 5 heterocycles. The molecule has 3 aliphatic heterocycles. The summed E-state index contributed by atoms with van der Waals surface area (Å²) in [6, 6.07) is 1.97. The normalized spacial score (nSPS) is 20.6. The molecule has 0 saturated carbocycles. The summed E-state index contributed by atoms with van der Waals surface area (Å²) < 4.78 is 29.3. The largest absolute Gasteiger partial charge is 0.492 e. The van der Waals surface area contributed by atoms with Gasteiger partial charge < -0.3 is 35.1 Å². The number of carbonyl (C=O) groups is 1. The molecule has 1 amide bonds. The first-order valence-corrected chi connectivity index (χ1v) is 13.3. The number of fused-ring (bicyclic) bond motifs is 4. The molecule has 5 rings (SSSR count). The van der Waals surface area contributed by atoms with Crippen LogP contribution in [-0.4, -0.2) is 82.0 Å². The minimum Gasteiger partial charge on any atom is -0.492 e. The number of hydrogen-bond acceptors (Lipinski definition) is 11. The summed E-state index contributed by atoms with van der Waals surface area (Å²) in [5.41, 5.74) is 5.25. The molecule has 3 aliphatic rings. The molecule has 1 fully saturated rings. The number of piperazine rings is 1. The summed E-state index contributed by atoms with van der Waals surface area (Å²) in [4.78, 5) is 30.3. The SMILES string of the molecule is CCOc1cnc2c(c1)OC[C@@H]1CN(c3nc4c(c(NC(C)(C)COC(N)=O)n3)[S@](=O)CC4)CCN21. The van der Waals surface area contributed by atoms with Gasteiger partial charge in [0.05, 0.1) is 40.9 Å². The highest BCUT2D eigenvalue weighted by Crippen LogP contribution is 2.37. The maximum absolute atomic E-state index is 12.7. The number of aryl methyl sites for hydroxylation is 1. The number of ether oxygens (including phenoxy) is 3. The van der Waals surface area contributed by atoms with Crippen LogP contribution in [0.4, 0.5) is 22.4 Å². The Balaban J connectivity index is 1.37. The van der Waals surface area contributed by atoms with E-state index in [-0.39, 0.29) is 12.6 Å². The second kappa shape index (κ2) is 9.60. The van der Waals surface area contributed by atoms with Gasteiger partial charge in [-0.2, -0.15) is 4.98 Å². The van der Waals surface area contributed by atoms with Gasteiger partial charge in [-0.05, 0) is 20.8 Å². The Labute approximate surface area is 212 Å². The van der Waals surface area contributed by atoms with Crippen LogP contribution in [0.25, 0.3) is 0 Å². The van der Waals surface area contributed by atoms with E-state index in [0.717, 1.165) is 23.8 Å². The summed E-state index contributed by atoms with van der Waals surface area (Å²) >= 11 is 0. The number of primary amides is 1. The average Bonchev–Trinajstić information content (AvgIpc) is 3.23. The minimum absolute atomic E-state index is 0.0403. The number of hydrogen-bond donors (Lipinski definition) is 2. The third kappa shape index (κ3) is 4.84. The molecular weight excluding hydrogens is 486 g/mol. The zero-order chi connectivity index (χ0) is 25.4. The lowest BCUT2D eigenvalue weighted by molar-refractivity contribution is 0.138. The number of aromatic nitrogens is 3. The van der Waals surface area contributed by atoms with E-state index in [4.69, 9.17) is 29.9 Å². The zero-order valence-corrected chi connectivity index (χ0v) is 21.5. The number of nitrogens with two attached hydrogens (primary N) is 1. The quantitative estimate of drug-likeness (QED) is 0.548. The Bertz CT molecular complexity index is 1190. The molecule has 2 atom stereocenters. The number of nitrogens with zero attached hydrogens (tertiary/aromatic N) is 5. The fourth-order valence-electron chi connectivity index (χ4n) is 4.65. The van der Waals surface area contributed by atoms with Crippen LogP contribution in [0.1, 0.15) is 26.5 Å². The number of nitrogens with one attached hydrogen (secondary N) is 1. The molecule has 13 heteroatoms. The molecule has 2 aromatic rings. The highest BCUT2D eigenvalue weighted by molar-refractivity contribution is 7.85. The monoisotopic (exact) mass is 517 g/mol. The molecule has 0 spiro atoms. The van der Waals surface area contributed by atoms with Crippen molar-refractivity contribution in [2.75, 3.05) is 60.3 Å². The van der Waals surface area contributed by atoms with Crippen LogP contribution in [-0.2, 0) is 22.0 Å². The smallest absolute Gasteiger partial charge is 0.404 e. The Kier molecular flexibility index (Phi) is 6.49. The molecule has 194 valence electrons. The average molecular weight is 518 g/mol. The van der Waals surface area contributed by atoms with Crippen LogP contribution < -0.4 is 30.3 Å². The Hall–Kier alpha value is -3.35. The number of pyridine rings is 1. The van der Waals surface area contributed by atoms with Gasteiger partial charge in [0.15, 0.2) is 11.6 Å². The molecule has 12 nitrogen and oxygen atoms in total. The van der Waals surface area contributed by atoms with Crippen molar-refractivity contribution in [1.29, 1.82) is 0 Å². The Morgan fingerprint density at radius 3 is 2.97 bits per heavy atom. The van der Waals surface area contributed by atoms with Crippen molar-refractivity contribution in [2.24, 2.45) is 5.73 Å². The molecule has 1 saturated heterocycles. The minimum atomic E-state index is -1.19. The maximum Gasteiger partial charge on any atom is 0.404 e. The molecule has 36 heavy (non-hydrogen) atoms. The van der Waals surface area contributed by atoms with Gasteiger partial charge in [-0.3, -0.25) is 4.21 Å². The highest BCUT2D eigenvalue weighted by Gasteiger charge is 2.36. The van der Waals surface area contributed by atoms with E-state index < -0.39 is 22.4 Å². The second-order valence-corrected chi connectivity index (χ2v) is 11.1. The number of amides is 1. The molecule has 0 radical (unpaired) electrons. The predicted molar refractivity (Wildman–Crippen MR) is 134 cm³/mol. The van der Waals surface area contributed by atoms with Crippen LogP contribution in [0.2, 0.25) is 0 Å². The summed E-state index contributed by atoms with van der Waals surface area (Å²) in [6.45, 7) is 8.87. The van der Waals surface area contributed by atoms with Crippen LogP contribution >= 0.6 is 0 Å². The van der Waals surface area contributed by atoms with Gasteiger partial charge in [0.2, 0.25) is 5.95 Å². The Morgan fingerprint density at radius 2 is 2.19 bits per heavy atom. The van der Waals surface area contributed by atoms with E-state index in [0.29, 0.717) is 60.9 Å². The number of carbonyl (C=O) groups excluding carboxylic acids is 1. The summed E-state index contributed by atoms with van der Waals surface area (Å²) in [7, 11) is -1.19. The molecule has 3 N–H and O–H groups in total. The molecule has 2 aromatic heterocycles. The zero-order valence-electron chi connectivity index (χ0n) is 20.7. The number of anilines is 3. The van der Waals surface area contributed by atoms with Crippen LogP contribution in [0.5, 0.6) is 11.5 Å². The van der Waals surface area contributed by atoms with Gasteiger partial charge >= 0.3 is 6.09 Å². The van der Waals surface area contributed by atoms with E-state index in [1.54, 1.807) is 6.20 Å². The first-order chi connectivity index (χ1) is 17.2. The van der Waals surface area contributed by atoms with Crippen molar-refractivity contribution in [2.45, 2.75) is 43.7 Å². The molecular formula is C23H31N7O5S. The maximum atomic E-state index is 12.7. The van der Waals surface area contributed by atoms with Crippen molar-refractivity contribution in [3.05, 3.63) is 18.0 Å². The fourth-order valence-corrected chi connectivity index (χ4v) is 5.96. The molecule has 0 aliphatic carbocycles. The topological polar surface area (TPSA) is 145 Å². The molecule has 0 aromatic carbocycles. The summed E-state index contributed by atoms with van der Waals surface area (Å²) in [5.74, 6) is 3.83. The van der Waals surface area contributed by atoms with E-state index >= 15 is 0 Å². The van der Waals surface area contributed by atoms with E-state index in [9.17, 15) is 9.00 Å². The van der Waals surface area contributed by atoms with E-state index in [1.807, 2.05) is 26.8 Å². The third-order valence-electron chi connectivity index (χ3n) is 6.30.